The fourth-order valence-corrected chi connectivity index (χ4v) is 2.72. The number of nitrogens with one attached hydrogen (secondary N) is 1. The summed E-state index contributed by atoms with van der Waals surface area (Å²) in [5.41, 5.74) is 1.14. The number of hydrogen-bond acceptors (Lipinski definition) is 2. The molecule has 1 atom stereocenters. The van der Waals surface area contributed by atoms with E-state index in [0.29, 0.717) is 0 Å². The molecule has 1 saturated heterocycles. The van der Waals surface area contributed by atoms with Crippen molar-refractivity contribution in [2.75, 3.05) is 32.7 Å². The van der Waals surface area contributed by atoms with Crippen molar-refractivity contribution in [3.05, 3.63) is 35.9 Å². The summed E-state index contributed by atoms with van der Waals surface area (Å²) in [6.45, 7) is 11.3. The maximum Gasteiger partial charge on any atom is 0.317 e. The van der Waals surface area contributed by atoms with E-state index in [-0.39, 0.29) is 12.1 Å². The van der Waals surface area contributed by atoms with Gasteiger partial charge in [0.1, 0.15) is 0 Å². The van der Waals surface area contributed by atoms with Crippen molar-refractivity contribution in [2.24, 2.45) is 5.92 Å². The summed E-state index contributed by atoms with van der Waals surface area (Å²) in [7, 11) is 0. The molecular weight excluding hydrogens is 274 g/mol. The molecule has 2 rings (SSSR count). The number of rotatable bonds is 5. The van der Waals surface area contributed by atoms with E-state index in [1.165, 1.54) is 6.42 Å². The van der Waals surface area contributed by atoms with Crippen molar-refractivity contribution in [3.8, 4) is 0 Å². The van der Waals surface area contributed by atoms with Crippen molar-refractivity contribution in [1.29, 1.82) is 0 Å². The van der Waals surface area contributed by atoms with Crippen LogP contribution < -0.4 is 5.32 Å². The Balaban J connectivity index is 1.75. The maximum absolute atomic E-state index is 12.4. The quantitative estimate of drug-likeness (QED) is 0.907. The van der Waals surface area contributed by atoms with Gasteiger partial charge in [0.25, 0.3) is 0 Å². The Morgan fingerprint density at radius 2 is 1.73 bits per heavy atom. The lowest BCUT2D eigenvalue weighted by atomic mass is 10.1. The van der Waals surface area contributed by atoms with Gasteiger partial charge >= 0.3 is 6.03 Å². The normalized spacial score (nSPS) is 17.5. The first-order valence-corrected chi connectivity index (χ1v) is 8.39. The van der Waals surface area contributed by atoms with Crippen molar-refractivity contribution < 1.29 is 4.79 Å². The molecule has 0 spiro atoms. The Morgan fingerprint density at radius 3 is 2.32 bits per heavy atom. The van der Waals surface area contributed by atoms with Crippen molar-refractivity contribution in [1.82, 2.24) is 15.1 Å². The van der Waals surface area contributed by atoms with Crippen LogP contribution in [0, 0.1) is 5.92 Å². The van der Waals surface area contributed by atoms with E-state index in [0.717, 1.165) is 44.2 Å². The molecule has 4 nitrogen and oxygen atoms in total. The van der Waals surface area contributed by atoms with Gasteiger partial charge in [-0.1, -0.05) is 44.2 Å². The van der Waals surface area contributed by atoms with Gasteiger partial charge in [-0.25, -0.2) is 4.79 Å². The molecule has 2 amide bonds. The second-order valence-electron chi connectivity index (χ2n) is 6.59. The number of carbonyl (C=O) groups is 1. The zero-order valence-corrected chi connectivity index (χ0v) is 14.1. The third kappa shape index (κ3) is 5.02. The summed E-state index contributed by atoms with van der Waals surface area (Å²) >= 11 is 0. The van der Waals surface area contributed by atoms with Crippen LogP contribution in [0.3, 0.4) is 0 Å². The van der Waals surface area contributed by atoms with E-state index in [4.69, 9.17) is 0 Å². The van der Waals surface area contributed by atoms with E-state index in [1.54, 1.807) is 0 Å². The molecule has 1 aromatic carbocycles. The topological polar surface area (TPSA) is 35.6 Å². The number of nitrogens with zero attached hydrogens (tertiary/aromatic N) is 2. The molecule has 0 aliphatic carbocycles. The minimum atomic E-state index is 0.0488. The Hall–Kier alpha value is -1.55. The molecular formula is C18H29N3O. The first kappa shape index (κ1) is 16.8. The predicted octanol–water partition coefficient (Wildman–Crippen LogP) is 3.12. The monoisotopic (exact) mass is 303 g/mol. The molecule has 22 heavy (non-hydrogen) atoms. The third-order valence-electron chi connectivity index (χ3n) is 4.32. The highest BCUT2D eigenvalue weighted by molar-refractivity contribution is 5.74. The van der Waals surface area contributed by atoms with E-state index in [9.17, 15) is 4.79 Å². The lowest BCUT2D eigenvalue weighted by Crippen LogP contribution is -2.52. The van der Waals surface area contributed by atoms with Gasteiger partial charge < -0.3 is 10.2 Å². The smallest absolute Gasteiger partial charge is 0.317 e. The van der Waals surface area contributed by atoms with Gasteiger partial charge in [-0.2, -0.15) is 0 Å². The Morgan fingerprint density at radius 1 is 1.09 bits per heavy atom. The number of hydrogen-bond donors (Lipinski definition) is 1. The third-order valence-corrected chi connectivity index (χ3v) is 4.32. The zero-order chi connectivity index (χ0) is 15.9. The summed E-state index contributed by atoms with van der Waals surface area (Å²) in [4.78, 5) is 16.7. The Labute approximate surface area is 134 Å². The predicted molar refractivity (Wildman–Crippen MR) is 90.9 cm³/mol. The van der Waals surface area contributed by atoms with E-state index < -0.39 is 0 Å². The highest BCUT2D eigenvalue weighted by atomic mass is 16.2. The van der Waals surface area contributed by atoms with E-state index >= 15 is 0 Å². The molecule has 1 fully saturated rings. The summed E-state index contributed by atoms with van der Waals surface area (Å²) in [5.74, 6) is 0.744. The second kappa shape index (κ2) is 8.18. The van der Waals surface area contributed by atoms with E-state index in [2.05, 4.69) is 36.2 Å². The highest BCUT2D eigenvalue weighted by Gasteiger charge is 2.22. The first-order valence-electron chi connectivity index (χ1n) is 8.39. The van der Waals surface area contributed by atoms with Gasteiger partial charge in [0.15, 0.2) is 0 Å². The van der Waals surface area contributed by atoms with Gasteiger partial charge in [-0.3, -0.25) is 4.90 Å². The Bertz CT molecular complexity index is 453. The summed E-state index contributed by atoms with van der Waals surface area (Å²) < 4.78 is 0. The number of carbonyl (C=O) groups excluding carboxylic acids is 1. The standard InChI is InChI=1S/C18H29N3O/c1-15(2)9-10-20-11-13-21(14-12-20)18(22)19-16(3)17-7-5-4-6-8-17/h4-8,15-16H,9-14H2,1-3H3,(H,19,22). The van der Waals surface area contributed by atoms with Crippen LogP contribution in [-0.2, 0) is 0 Å². The van der Waals surface area contributed by atoms with Crippen LogP contribution in [0.4, 0.5) is 4.79 Å². The van der Waals surface area contributed by atoms with Gasteiger partial charge in [0, 0.05) is 26.2 Å². The molecule has 4 heteroatoms. The van der Waals surface area contributed by atoms with Crippen LogP contribution in [0.25, 0.3) is 0 Å². The first-order chi connectivity index (χ1) is 10.6. The van der Waals surface area contributed by atoms with Gasteiger partial charge in [-0.15, -0.1) is 0 Å². The lowest BCUT2D eigenvalue weighted by molar-refractivity contribution is 0.134. The van der Waals surface area contributed by atoms with Crippen LogP contribution in [-0.4, -0.2) is 48.6 Å². The second-order valence-corrected chi connectivity index (χ2v) is 6.59. The minimum absolute atomic E-state index is 0.0488. The van der Waals surface area contributed by atoms with Crippen LogP contribution in [0.1, 0.15) is 38.8 Å². The molecule has 0 aromatic heterocycles. The average Bonchev–Trinajstić information content (AvgIpc) is 2.54. The number of benzene rings is 1. The molecule has 0 radical (unpaired) electrons. The Kier molecular flexibility index (Phi) is 6.25. The van der Waals surface area contributed by atoms with Crippen molar-refractivity contribution >= 4 is 6.03 Å². The van der Waals surface area contributed by atoms with Crippen molar-refractivity contribution in [2.45, 2.75) is 33.2 Å². The van der Waals surface area contributed by atoms with Gasteiger partial charge in [-0.05, 0) is 31.4 Å². The minimum Gasteiger partial charge on any atom is -0.331 e. The lowest BCUT2D eigenvalue weighted by Gasteiger charge is -2.35. The zero-order valence-electron chi connectivity index (χ0n) is 14.1. The molecule has 122 valence electrons. The molecule has 1 unspecified atom stereocenters. The fourth-order valence-electron chi connectivity index (χ4n) is 2.72. The molecule has 1 heterocycles. The number of piperazine rings is 1. The molecule has 1 aromatic rings. The van der Waals surface area contributed by atoms with Crippen LogP contribution in [0.15, 0.2) is 30.3 Å². The average molecular weight is 303 g/mol. The molecule has 1 aliphatic rings. The SMILES string of the molecule is CC(C)CCN1CCN(C(=O)NC(C)c2ccccc2)CC1. The molecule has 0 saturated carbocycles. The number of amides is 2. The summed E-state index contributed by atoms with van der Waals surface area (Å²) in [5, 5.41) is 3.10. The van der Waals surface area contributed by atoms with Crippen LogP contribution >= 0.6 is 0 Å². The molecule has 1 N–H and O–H groups in total. The largest absolute Gasteiger partial charge is 0.331 e. The molecule has 1 aliphatic heterocycles. The fraction of sp³-hybridized carbons (Fsp3) is 0.611. The number of urea groups is 1. The highest BCUT2D eigenvalue weighted by Crippen LogP contribution is 2.12. The van der Waals surface area contributed by atoms with E-state index in [1.807, 2.05) is 30.0 Å². The van der Waals surface area contributed by atoms with Gasteiger partial charge in [0.05, 0.1) is 6.04 Å². The van der Waals surface area contributed by atoms with Gasteiger partial charge in [0.2, 0.25) is 0 Å². The van der Waals surface area contributed by atoms with Crippen LogP contribution in [0.5, 0.6) is 0 Å². The summed E-state index contributed by atoms with van der Waals surface area (Å²) in [6.07, 6.45) is 1.23. The summed E-state index contributed by atoms with van der Waals surface area (Å²) in [6, 6.07) is 10.2. The van der Waals surface area contributed by atoms with Crippen LogP contribution in [0.2, 0.25) is 0 Å². The molecule has 0 bridgehead atoms. The maximum atomic E-state index is 12.4. The van der Waals surface area contributed by atoms with Crippen molar-refractivity contribution in [3.63, 3.8) is 0 Å².